The summed E-state index contributed by atoms with van der Waals surface area (Å²) in [4.78, 5) is 11.8. The van der Waals surface area contributed by atoms with Crippen LogP contribution in [-0.2, 0) is 4.79 Å². The number of carbonyl (C=O) groups excluding carboxylic acids is 1. The minimum atomic E-state index is 0.166. The van der Waals surface area contributed by atoms with Crippen LogP contribution >= 0.6 is 0 Å². The fraction of sp³-hybridized carbons (Fsp3) is 0.667. The van der Waals surface area contributed by atoms with E-state index >= 15 is 0 Å². The van der Waals surface area contributed by atoms with Gasteiger partial charge in [0.2, 0.25) is 5.91 Å². The van der Waals surface area contributed by atoms with Gasteiger partial charge in [0, 0.05) is 5.57 Å². The molecule has 0 aromatic carbocycles. The second-order valence-electron chi connectivity index (χ2n) is 6.36. The quantitative estimate of drug-likeness (QED) is 0.729. The van der Waals surface area contributed by atoms with E-state index in [0.29, 0.717) is 11.3 Å². The molecule has 0 spiro atoms. The summed E-state index contributed by atoms with van der Waals surface area (Å²) in [5.74, 6) is 0.862. The zero-order valence-corrected chi connectivity index (χ0v) is 11.2. The van der Waals surface area contributed by atoms with Crippen molar-refractivity contribution in [1.29, 1.82) is 0 Å². The van der Waals surface area contributed by atoms with Gasteiger partial charge in [0.05, 0.1) is 6.04 Å². The molecule has 0 aromatic heterocycles. The van der Waals surface area contributed by atoms with E-state index in [4.69, 9.17) is 0 Å². The topological polar surface area (TPSA) is 29.1 Å². The number of carbonyl (C=O) groups is 1. The largest absolute Gasteiger partial charge is 0.346 e. The molecule has 1 heterocycles. The van der Waals surface area contributed by atoms with Crippen LogP contribution in [0.1, 0.15) is 46.5 Å². The van der Waals surface area contributed by atoms with Crippen molar-refractivity contribution in [2.24, 2.45) is 11.3 Å². The smallest absolute Gasteiger partial charge is 0.247 e. The molecule has 0 radical (unpaired) electrons. The van der Waals surface area contributed by atoms with E-state index in [2.05, 4.69) is 32.7 Å². The van der Waals surface area contributed by atoms with Gasteiger partial charge in [-0.25, -0.2) is 0 Å². The van der Waals surface area contributed by atoms with Crippen molar-refractivity contribution in [2.75, 3.05) is 0 Å². The molecule has 0 bridgehead atoms. The van der Waals surface area contributed by atoms with E-state index in [9.17, 15) is 4.79 Å². The molecule has 2 rings (SSSR count). The third kappa shape index (κ3) is 2.31. The summed E-state index contributed by atoms with van der Waals surface area (Å²) in [6, 6.07) is 0.222. The van der Waals surface area contributed by atoms with Gasteiger partial charge >= 0.3 is 0 Å². The fourth-order valence-corrected chi connectivity index (χ4v) is 3.02. The maximum absolute atomic E-state index is 11.8. The van der Waals surface area contributed by atoms with Gasteiger partial charge in [-0.3, -0.25) is 4.79 Å². The van der Waals surface area contributed by atoms with Crippen molar-refractivity contribution in [3.05, 3.63) is 23.8 Å². The summed E-state index contributed by atoms with van der Waals surface area (Å²) in [6.45, 7) is 10.7. The minimum absolute atomic E-state index is 0.166. The number of hydrogen-bond acceptors (Lipinski definition) is 1. The van der Waals surface area contributed by atoms with E-state index in [1.165, 1.54) is 5.57 Å². The molecule has 17 heavy (non-hydrogen) atoms. The highest BCUT2D eigenvalue weighted by Gasteiger charge is 2.38. The van der Waals surface area contributed by atoms with Crippen LogP contribution in [0.25, 0.3) is 0 Å². The molecule has 0 fully saturated rings. The fourth-order valence-electron chi connectivity index (χ4n) is 3.02. The molecule has 0 aromatic rings. The Kier molecular flexibility index (Phi) is 3.15. The Labute approximate surface area is 104 Å². The molecule has 1 unspecified atom stereocenters. The van der Waals surface area contributed by atoms with Crippen LogP contribution in [0, 0.1) is 11.3 Å². The first-order valence-corrected chi connectivity index (χ1v) is 6.57. The predicted molar refractivity (Wildman–Crippen MR) is 70.6 cm³/mol. The maximum Gasteiger partial charge on any atom is 0.247 e. The number of amides is 1. The van der Waals surface area contributed by atoms with Crippen LogP contribution in [0.4, 0.5) is 0 Å². The van der Waals surface area contributed by atoms with E-state index in [1.807, 2.05) is 6.08 Å². The highest BCUT2D eigenvalue weighted by atomic mass is 16.2. The highest BCUT2D eigenvalue weighted by molar-refractivity contribution is 5.97. The zero-order valence-electron chi connectivity index (χ0n) is 11.2. The third-order valence-electron chi connectivity index (χ3n) is 4.22. The van der Waals surface area contributed by atoms with Crippen molar-refractivity contribution < 1.29 is 4.79 Å². The number of hydrogen-bond donors (Lipinski definition) is 1. The van der Waals surface area contributed by atoms with Crippen molar-refractivity contribution in [2.45, 2.75) is 52.5 Å². The molecule has 94 valence electrons. The highest BCUT2D eigenvalue weighted by Crippen LogP contribution is 2.43. The maximum atomic E-state index is 11.8. The molecule has 1 N–H and O–H groups in total. The average Bonchev–Trinajstić information content (AvgIpc) is 2.55. The number of nitrogens with one attached hydrogen (secondary N) is 1. The third-order valence-corrected chi connectivity index (χ3v) is 4.22. The summed E-state index contributed by atoms with van der Waals surface area (Å²) in [5.41, 5.74) is 2.77. The lowest BCUT2D eigenvalue weighted by Crippen LogP contribution is -2.29. The van der Waals surface area contributed by atoms with Crippen LogP contribution in [-0.4, -0.2) is 11.9 Å². The molecule has 2 aliphatic rings. The molecule has 2 nitrogen and oxygen atoms in total. The first-order chi connectivity index (χ1) is 7.93. The van der Waals surface area contributed by atoms with Crippen molar-refractivity contribution in [1.82, 2.24) is 5.32 Å². The first kappa shape index (κ1) is 12.4. The van der Waals surface area contributed by atoms with Crippen LogP contribution in [0.2, 0.25) is 0 Å². The molecule has 2 heteroatoms. The summed E-state index contributed by atoms with van der Waals surface area (Å²) >= 11 is 0. The van der Waals surface area contributed by atoms with E-state index in [1.54, 1.807) is 0 Å². The Morgan fingerprint density at radius 2 is 2.18 bits per heavy atom. The molecular weight excluding hydrogens is 210 g/mol. The van der Waals surface area contributed by atoms with Crippen molar-refractivity contribution in [3.63, 3.8) is 0 Å². The Morgan fingerprint density at radius 3 is 2.76 bits per heavy atom. The molecule has 1 amide bonds. The van der Waals surface area contributed by atoms with Gasteiger partial charge in [-0.2, -0.15) is 0 Å². The summed E-state index contributed by atoms with van der Waals surface area (Å²) in [5, 5.41) is 3.08. The SMILES string of the molecule is C=CC[C@H]1NC(=O)C2=C1CC(C(C)(C)C)CC2. The standard InChI is InChI=1S/C15H23NO/c1-5-6-13-12-9-10(15(2,3)4)7-8-11(12)14(17)16-13/h5,10,13H,1,6-9H2,2-4H3,(H,16,17)/t10?,13-/m1/s1. The van der Waals surface area contributed by atoms with Crippen LogP contribution in [0.5, 0.6) is 0 Å². The minimum Gasteiger partial charge on any atom is -0.346 e. The summed E-state index contributed by atoms with van der Waals surface area (Å²) in [6.07, 6.45) is 5.95. The molecular formula is C15H23NO. The molecule has 2 atom stereocenters. The Balaban J connectivity index is 2.20. The predicted octanol–water partition coefficient (Wildman–Crippen LogP) is 3.20. The molecule has 0 saturated carbocycles. The van der Waals surface area contributed by atoms with Gasteiger partial charge in [-0.15, -0.1) is 6.58 Å². The number of rotatable bonds is 2. The van der Waals surface area contributed by atoms with Crippen molar-refractivity contribution >= 4 is 5.91 Å². The second kappa shape index (κ2) is 4.32. The van der Waals surface area contributed by atoms with Gasteiger partial charge < -0.3 is 5.32 Å². The van der Waals surface area contributed by atoms with Gasteiger partial charge in [0.25, 0.3) is 0 Å². The average molecular weight is 233 g/mol. The monoisotopic (exact) mass is 233 g/mol. The lowest BCUT2D eigenvalue weighted by Gasteiger charge is -2.35. The zero-order chi connectivity index (χ0) is 12.6. The van der Waals surface area contributed by atoms with Gasteiger partial charge in [0.15, 0.2) is 0 Å². The Hall–Kier alpha value is -1.05. The van der Waals surface area contributed by atoms with Gasteiger partial charge in [-0.1, -0.05) is 26.8 Å². The van der Waals surface area contributed by atoms with E-state index < -0.39 is 0 Å². The Bertz CT molecular complexity index is 373. The molecule has 1 aliphatic heterocycles. The van der Waals surface area contributed by atoms with Crippen LogP contribution in [0.3, 0.4) is 0 Å². The van der Waals surface area contributed by atoms with Crippen LogP contribution < -0.4 is 5.32 Å². The summed E-state index contributed by atoms with van der Waals surface area (Å²) in [7, 11) is 0. The van der Waals surface area contributed by atoms with Gasteiger partial charge in [0.1, 0.15) is 0 Å². The second-order valence-corrected chi connectivity index (χ2v) is 6.36. The summed E-state index contributed by atoms with van der Waals surface area (Å²) < 4.78 is 0. The van der Waals surface area contributed by atoms with Crippen molar-refractivity contribution in [3.8, 4) is 0 Å². The van der Waals surface area contributed by atoms with E-state index in [-0.39, 0.29) is 11.9 Å². The lowest BCUT2D eigenvalue weighted by atomic mass is 9.70. The lowest BCUT2D eigenvalue weighted by molar-refractivity contribution is -0.117. The van der Waals surface area contributed by atoms with E-state index in [0.717, 1.165) is 31.3 Å². The Morgan fingerprint density at radius 1 is 1.47 bits per heavy atom. The molecule has 0 saturated heterocycles. The first-order valence-electron chi connectivity index (χ1n) is 6.57. The van der Waals surface area contributed by atoms with Gasteiger partial charge in [-0.05, 0) is 42.6 Å². The van der Waals surface area contributed by atoms with Crippen LogP contribution in [0.15, 0.2) is 23.8 Å². The normalized spacial score (nSPS) is 29.0. The molecule has 1 aliphatic carbocycles.